The van der Waals surface area contributed by atoms with Crippen molar-refractivity contribution in [1.29, 1.82) is 0 Å². The maximum absolute atomic E-state index is 5.90. The first kappa shape index (κ1) is 14.9. The Morgan fingerprint density at radius 3 is 2.73 bits per heavy atom. The van der Waals surface area contributed by atoms with Gasteiger partial charge in [0.15, 0.2) is 10.9 Å². The summed E-state index contributed by atoms with van der Waals surface area (Å²) in [5, 5.41) is 10.1. The Kier molecular flexibility index (Phi) is 4.65. The topological polar surface area (TPSA) is 43.9 Å². The van der Waals surface area contributed by atoms with Crippen LogP contribution in [0.2, 0.25) is 5.02 Å². The zero-order chi connectivity index (χ0) is 15.4. The molecule has 6 heteroatoms. The molecular weight excluding hydrogens is 318 g/mol. The smallest absolute Gasteiger partial charge is 0.200 e. The number of benzene rings is 1. The first-order chi connectivity index (χ1) is 10.8. The largest absolute Gasteiger partial charge is 0.461 e. The predicted octanol–water partition coefficient (Wildman–Crippen LogP) is 4.67. The van der Waals surface area contributed by atoms with Gasteiger partial charge in [-0.05, 0) is 29.8 Å². The Morgan fingerprint density at radius 1 is 1.23 bits per heavy atom. The van der Waals surface area contributed by atoms with Crippen molar-refractivity contribution in [3.8, 4) is 11.6 Å². The monoisotopic (exact) mass is 331 g/mol. The summed E-state index contributed by atoms with van der Waals surface area (Å²) < 4.78 is 7.41. The average molecular weight is 332 g/mol. The Balaban J connectivity index is 1.81. The zero-order valence-corrected chi connectivity index (χ0v) is 13.3. The fraction of sp³-hybridized carbons (Fsp3) is 0.125. The molecule has 2 aromatic heterocycles. The second-order valence-electron chi connectivity index (χ2n) is 4.60. The van der Waals surface area contributed by atoms with E-state index in [-0.39, 0.29) is 0 Å². The van der Waals surface area contributed by atoms with E-state index in [4.69, 9.17) is 16.0 Å². The van der Waals surface area contributed by atoms with Crippen LogP contribution >= 0.6 is 23.4 Å². The molecule has 0 saturated heterocycles. The fourth-order valence-electron chi connectivity index (χ4n) is 2.01. The zero-order valence-electron chi connectivity index (χ0n) is 11.8. The normalized spacial score (nSPS) is 10.8. The SMILES string of the molecule is C=CCn1c(SCc2ccc(Cl)cc2)nnc1-c1ccco1. The predicted molar refractivity (Wildman–Crippen MR) is 88.9 cm³/mol. The van der Waals surface area contributed by atoms with Crippen molar-refractivity contribution >= 4 is 23.4 Å². The standard InChI is InChI=1S/C16H14ClN3OS/c1-2-9-20-15(14-4-3-10-21-14)18-19-16(20)22-11-12-5-7-13(17)8-6-12/h2-8,10H,1,9,11H2. The van der Waals surface area contributed by atoms with E-state index in [1.54, 1.807) is 18.0 Å². The van der Waals surface area contributed by atoms with E-state index in [1.807, 2.05) is 47.0 Å². The lowest BCUT2D eigenvalue weighted by atomic mass is 10.2. The van der Waals surface area contributed by atoms with Crippen molar-refractivity contribution in [3.05, 3.63) is 65.9 Å². The highest BCUT2D eigenvalue weighted by molar-refractivity contribution is 7.98. The number of nitrogens with zero attached hydrogens (tertiary/aromatic N) is 3. The van der Waals surface area contributed by atoms with Crippen LogP contribution in [0.15, 0.2) is 64.9 Å². The molecule has 0 unspecified atom stereocenters. The molecular formula is C16H14ClN3OS. The molecule has 1 aromatic carbocycles. The van der Waals surface area contributed by atoms with Gasteiger partial charge in [0.25, 0.3) is 0 Å². The molecule has 3 aromatic rings. The number of aromatic nitrogens is 3. The van der Waals surface area contributed by atoms with E-state index >= 15 is 0 Å². The number of allylic oxidation sites excluding steroid dienone is 1. The molecule has 0 amide bonds. The highest BCUT2D eigenvalue weighted by atomic mass is 35.5. The molecule has 4 nitrogen and oxygen atoms in total. The van der Waals surface area contributed by atoms with E-state index < -0.39 is 0 Å². The molecule has 0 spiro atoms. The minimum Gasteiger partial charge on any atom is -0.461 e. The molecule has 0 N–H and O–H groups in total. The molecule has 0 fully saturated rings. The van der Waals surface area contributed by atoms with Crippen LogP contribution in [-0.2, 0) is 12.3 Å². The maximum atomic E-state index is 5.90. The lowest BCUT2D eigenvalue weighted by Crippen LogP contribution is -2.00. The van der Waals surface area contributed by atoms with Gasteiger partial charge in [-0.15, -0.1) is 16.8 Å². The van der Waals surface area contributed by atoms with Gasteiger partial charge in [0.2, 0.25) is 5.82 Å². The third kappa shape index (κ3) is 3.26. The van der Waals surface area contributed by atoms with Gasteiger partial charge < -0.3 is 4.42 Å². The highest BCUT2D eigenvalue weighted by Gasteiger charge is 2.15. The summed E-state index contributed by atoms with van der Waals surface area (Å²) in [6.07, 6.45) is 3.45. The molecule has 0 bridgehead atoms. The van der Waals surface area contributed by atoms with Crippen LogP contribution in [-0.4, -0.2) is 14.8 Å². The highest BCUT2D eigenvalue weighted by Crippen LogP contribution is 2.27. The van der Waals surface area contributed by atoms with Gasteiger partial charge in [0.1, 0.15) is 0 Å². The van der Waals surface area contributed by atoms with E-state index in [0.717, 1.165) is 15.9 Å². The van der Waals surface area contributed by atoms with Crippen LogP contribution in [0.1, 0.15) is 5.56 Å². The van der Waals surface area contributed by atoms with Crippen molar-refractivity contribution in [3.63, 3.8) is 0 Å². The van der Waals surface area contributed by atoms with Crippen molar-refractivity contribution in [2.24, 2.45) is 0 Å². The van der Waals surface area contributed by atoms with E-state index in [1.165, 1.54) is 5.56 Å². The van der Waals surface area contributed by atoms with Gasteiger partial charge in [-0.2, -0.15) is 0 Å². The molecule has 0 saturated carbocycles. The molecule has 0 aliphatic carbocycles. The fourth-order valence-corrected chi connectivity index (χ4v) is 3.04. The first-order valence-corrected chi connectivity index (χ1v) is 8.09. The summed E-state index contributed by atoms with van der Waals surface area (Å²) in [6, 6.07) is 11.5. The van der Waals surface area contributed by atoms with Crippen molar-refractivity contribution in [1.82, 2.24) is 14.8 Å². The molecule has 0 aliphatic heterocycles. The Labute approximate surface area is 137 Å². The third-order valence-electron chi connectivity index (χ3n) is 3.05. The molecule has 3 rings (SSSR count). The van der Waals surface area contributed by atoms with Crippen LogP contribution in [0.4, 0.5) is 0 Å². The summed E-state index contributed by atoms with van der Waals surface area (Å²) in [6.45, 7) is 4.43. The number of furan rings is 1. The molecule has 2 heterocycles. The summed E-state index contributed by atoms with van der Waals surface area (Å²) >= 11 is 7.52. The van der Waals surface area contributed by atoms with Gasteiger partial charge in [0, 0.05) is 17.3 Å². The lowest BCUT2D eigenvalue weighted by molar-refractivity contribution is 0.569. The molecule has 0 radical (unpaired) electrons. The van der Waals surface area contributed by atoms with Gasteiger partial charge in [-0.25, -0.2) is 0 Å². The summed E-state index contributed by atoms with van der Waals surface area (Å²) in [7, 11) is 0. The molecule has 0 atom stereocenters. The van der Waals surface area contributed by atoms with Gasteiger partial charge in [-0.1, -0.05) is 41.6 Å². The summed E-state index contributed by atoms with van der Waals surface area (Å²) in [4.78, 5) is 0. The molecule has 22 heavy (non-hydrogen) atoms. The molecule has 112 valence electrons. The molecule has 0 aliphatic rings. The number of thioether (sulfide) groups is 1. The number of rotatable bonds is 6. The Hall–Kier alpha value is -1.98. The number of halogens is 1. The van der Waals surface area contributed by atoms with E-state index in [9.17, 15) is 0 Å². The van der Waals surface area contributed by atoms with Crippen molar-refractivity contribution in [2.45, 2.75) is 17.5 Å². The number of hydrogen-bond acceptors (Lipinski definition) is 4. The van der Waals surface area contributed by atoms with Crippen LogP contribution in [0.25, 0.3) is 11.6 Å². The maximum Gasteiger partial charge on any atom is 0.200 e. The van der Waals surface area contributed by atoms with Gasteiger partial charge in [0.05, 0.1) is 6.26 Å². The average Bonchev–Trinajstić information content (AvgIpc) is 3.17. The summed E-state index contributed by atoms with van der Waals surface area (Å²) in [5.41, 5.74) is 1.18. The van der Waals surface area contributed by atoms with Crippen LogP contribution < -0.4 is 0 Å². The Morgan fingerprint density at radius 2 is 2.05 bits per heavy atom. The lowest BCUT2D eigenvalue weighted by Gasteiger charge is -2.06. The Bertz CT molecular complexity index is 750. The quantitative estimate of drug-likeness (QED) is 0.486. The van der Waals surface area contributed by atoms with Gasteiger partial charge >= 0.3 is 0 Å². The van der Waals surface area contributed by atoms with Gasteiger partial charge in [-0.3, -0.25) is 4.57 Å². The first-order valence-electron chi connectivity index (χ1n) is 6.73. The van der Waals surface area contributed by atoms with Crippen LogP contribution in [0.5, 0.6) is 0 Å². The summed E-state index contributed by atoms with van der Waals surface area (Å²) in [5.74, 6) is 2.21. The van der Waals surface area contributed by atoms with Crippen LogP contribution in [0.3, 0.4) is 0 Å². The van der Waals surface area contributed by atoms with Crippen molar-refractivity contribution in [2.75, 3.05) is 0 Å². The van der Waals surface area contributed by atoms with E-state index in [0.29, 0.717) is 18.1 Å². The minimum atomic E-state index is 0.631. The second-order valence-corrected chi connectivity index (χ2v) is 5.98. The van der Waals surface area contributed by atoms with E-state index in [2.05, 4.69) is 16.8 Å². The number of hydrogen-bond donors (Lipinski definition) is 0. The third-order valence-corrected chi connectivity index (χ3v) is 4.34. The van der Waals surface area contributed by atoms with Crippen LogP contribution in [0, 0.1) is 0 Å². The second kappa shape index (κ2) is 6.85. The van der Waals surface area contributed by atoms with Crippen molar-refractivity contribution < 1.29 is 4.42 Å². The minimum absolute atomic E-state index is 0.631.